The Morgan fingerprint density at radius 2 is 2.20 bits per heavy atom. The van der Waals surface area contributed by atoms with Crippen LogP contribution in [0.15, 0.2) is 24.7 Å². The zero-order valence-electron chi connectivity index (χ0n) is 7.39. The lowest BCUT2D eigenvalue weighted by Gasteiger charge is -2.00. The molecule has 2 aromatic heterocycles. The Labute approximate surface area is 82.8 Å². The predicted molar refractivity (Wildman–Crippen MR) is 47.1 cm³/mol. The summed E-state index contributed by atoms with van der Waals surface area (Å²) in [5.74, 6) is -1.18. The minimum absolute atomic E-state index is 0.143. The second-order valence-corrected chi connectivity index (χ2v) is 2.95. The fourth-order valence-electron chi connectivity index (χ4n) is 1.31. The van der Waals surface area contributed by atoms with Gasteiger partial charge in [0.1, 0.15) is 6.33 Å². The van der Waals surface area contributed by atoms with Gasteiger partial charge in [-0.3, -0.25) is 0 Å². The van der Waals surface area contributed by atoms with E-state index in [0.717, 1.165) is 0 Å². The summed E-state index contributed by atoms with van der Waals surface area (Å²) in [7, 11) is 0. The molecule has 4 nitrogen and oxygen atoms in total. The summed E-state index contributed by atoms with van der Waals surface area (Å²) in [6.07, 6.45) is -0.213. The molecule has 0 aromatic carbocycles. The van der Waals surface area contributed by atoms with Gasteiger partial charge in [-0.1, -0.05) is 0 Å². The predicted octanol–water partition coefficient (Wildman–Crippen LogP) is 1.97. The van der Waals surface area contributed by atoms with Crippen LogP contribution in [0.1, 0.15) is 22.5 Å². The SMILES string of the molecule is O=C(O)c1ncn2cc(C(F)F)ccc12. The van der Waals surface area contributed by atoms with E-state index in [1.807, 2.05) is 0 Å². The van der Waals surface area contributed by atoms with Gasteiger partial charge in [0, 0.05) is 11.8 Å². The number of halogens is 2. The Kier molecular flexibility index (Phi) is 2.11. The molecule has 2 heterocycles. The van der Waals surface area contributed by atoms with Crippen LogP contribution in [0.3, 0.4) is 0 Å². The van der Waals surface area contributed by atoms with Crippen LogP contribution < -0.4 is 0 Å². The molecule has 15 heavy (non-hydrogen) atoms. The minimum atomic E-state index is -2.58. The number of carboxylic acids is 1. The van der Waals surface area contributed by atoms with E-state index < -0.39 is 12.4 Å². The number of carbonyl (C=O) groups is 1. The Hall–Kier alpha value is -1.98. The summed E-state index contributed by atoms with van der Waals surface area (Å²) in [6.45, 7) is 0. The molecule has 0 spiro atoms. The first-order valence-electron chi connectivity index (χ1n) is 4.07. The fourth-order valence-corrected chi connectivity index (χ4v) is 1.31. The normalized spacial score (nSPS) is 11.1. The first kappa shape index (κ1) is 9.57. The van der Waals surface area contributed by atoms with E-state index in [1.165, 1.54) is 29.1 Å². The van der Waals surface area contributed by atoms with Crippen LogP contribution in [0.5, 0.6) is 0 Å². The first-order chi connectivity index (χ1) is 7.09. The maximum Gasteiger partial charge on any atom is 0.356 e. The number of fused-ring (bicyclic) bond motifs is 1. The van der Waals surface area contributed by atoms with Crippen molar-refractivity contribution in [2.45, 2.75) is 6.43 Å². The standard InChI is InChI=1S/C9H6F2N2O2/c10-8(11)5-1-2-6-7(9(14)15)12-4-13(6)3-5/h1-4,8H,(H,14,15). The second kappa shape index (κ2) is 3.30. The number of nitrogens with zero attached hydrogens (tertiary/aromatic N) is 2. The number of hydrogen-bond donors (Lipinski definition) is 1. The molecule has 0 atom stereocenters. The molecule has 0 aliphatic rings. The van der Waals surface area contributed by atoms with Crippen LogP contribution in [0, 0.1) is 0 Å². The van der Waals surface area contributed by atoms with Gasteiger partial charge in [-0.05, 0) is 12.1 Å². The van der Waals surface area contributed by atoms with Crippen molar-refractivity contribution in [1.29, 1.82) is 0 Å². The molecular weight excluding hydrogens is 206 g/mol. The molecule has 2 aromatic rings. The van der Waals surface area contributed by atoms with Gasteiger partial charge in [0.2, 0.25) is 0 Å². The molecule has 0 unspecified atom stereocenters. The number of aromatic nitrogens is 2. The summed E-state index contributed by atoms with van der Waals surface area (Å²) in [4.78, 5) is 14.3. The van der Waals surface area contributed by atoms with Gasteiger partial charge in [0.05, 0.1) is 5.52 Å². The van der Waals surface area contributed by atoms with Crippen LogP contribution in [0.4, 0.5) is 8.78 Å². The molecule has 0 amide bonds. The van der Waals surface area contributed by atoms with Gasteiger partial charge in [0.15, 0.2) is 5.69 Å². The Balaban J connectivity index is 2.61. The van der Waals surface area contributed by atoms with Crippen molar-refractivity contribution in [2.24, 2.45) is 0 Å². The summed E-state index contributed by atoms with van der Waals surface area (Å²) in [5, 5.41) is 8.73. The average Bonchev–Trinajstić information content (AvgIpc) is 2.59. The Bertz CT molecular complexity index is 522. The van der Waals surface area contributed by atoms with E-state index in [0.29, 0.717) is 5.52 Å². The third-order valence-corrected chi connectivity index (χ3v) is 2.01. The number of pyridine rings is 1. The van der Waals surface area contributed by atoms with Crippen molar-refractivity contribution < 1.29 is 18.7 Å². The number of carboxylic acid groups (broad SMARTS) is 1. The molecule has 0 radical (unpaired) electrons. The van der Waals surface area contributed by atoms with Crippen molar-refractivity contribution in [2.75, 3.05) is 0 Å². The lowest BCUT2D eigenvalue weighted by Crippen LogP contribution is -1.97. The summed E-state index contributed by atoms with van der Waals surface area (Å²) >= 11 is 0. The smallest absolute Gasteiger partial charge is 0.356 e. The van der Waals surface area contributed by atoms with Gasteiger partial charge in [-0.2, -0.15) is 0 Å². The van der Waals surface area contributed by atoms with Crippen molar-refractivity contribution in [3.63, 3.8) is 0 Å². The first-order valence-corrected chi connectivity index (χ1v) is 4.07. The molecule has 0 saturated carbocycles. The largest absolute Gasteiger partial charge is 0.476 e. The van der Waals surface area contributed by atoms with Crippen molar-refractivity contribution in [3.05, 3.63) is 35.9 Å². The van der Waals surface area contributed by atoms with Crippen LogP contribution >= 0.6 is 0 Å². The maximum atomic E-state index is 12.3. The van der Waals surface area contributed by atoms with E-state index in [4.69, 9.17) is 5.11 Å². The van der Waals surface area contributed by atoms with Crippen molar-refractivity contribution in [1.82, 2.24) is 9.38 Å². The molecule has 0 bridgehead atoms. The summed E-state index contributed by atoms with van der Waals surface area (Å²) < 4.78 is 25.9. The number of hydrogen-bond acceptors (Lipinski definition) is 2. The summed E-state index contributed by atoms with van der Waals surface area (Å²) in [6, 6.07) is 2.51. The van der Waals surface area contributed by atoms with Crippen LogP contribution in [-0.4, -0.2) is 20.5 Å². The van der Waals surface area contributed by atoms with Gasteiger partial charge >= 0.3 is 5.97 Å². The van der Waals surface area contributed by atoms with E-state index in [2.05, 4.69) is 4.98 Å². The third kappa shape index (κ3) is 1.54. The molecule has 0 saturated heterocycles. The van der Waals surface area contributed by atoms with E-state index >= 15 is 0 Å². The topological polar surface area (TPSA) is 54.6 Å². The fraction of sp³-hybridized carbons (Fsp3) is 0.111. The second-order valence-electron chi connectivity index (χ2n) is 2.95. The zero-order valence-corrected chi connectivity index (χ0v) is 7.39. The molecule has 2 rings (SSSR count). The quantitative estimate of drug-likeness (QED) is 0.827. The van der Waals surface area contributed by atoms with Crippen LogP contribution in [0.25, 0.3) is 5.52 Å². The van der Waals surface area contributed by atoms with Gasteiger partial charge in [0.25, 0.3) is 6.43 Å². The molecule has 0 aliphatic carbocycles. The molecular formula is C9H6F2N2O2. The zero-order chi connectivity index (χ0) is 11.0. The Morgan fingerprint density at radius 1 is 1.47 bits per heavy atom. The molecule has 78 valence electrons. The van der Waals surface area contributed by atoms with E-state index in [-0.39, 0.29) is 11.3 Å². The average molecular weight is 212 g/mol. The van der Waals surface area contributed by atoms with Crippen LogP contribution in [0.2, 0.25) is 0 Å². The minimum Gasteiger partial charge on any atom is -0.476 e. The summed E-state index contributed by atoms with van der Waals surface area (Å²) in [5.41, 5.74) is -0.0143. The highest BCUT2D eigenvalue weighted by Gasteiger charge is 2.13. The number of aromatic carboxylic acids is 1. The lowest BCUT2D eigenvalue weighted by molar-refractivity contribution is 0.0693. The highest BCUT2D eigenvalue weighted by Crippen LogP contribution is 2.20. The van der Waals surface area contributed by atoms with Crippen molar-refractivity contribution in [3.8, 4) is 0 Å². The van der Waals surface area contributed by atoms with Gasteiger partial charge in [-0.25, -0.2) is 18.6 Å². The van der Waals surface area contributed by atoms with E-state index in [9.17, 15) is 13.6 Å². The molecule has 0 aliphatic heterocycles. The number of alkyl halides is 2. The molecule has 6 heteroatoms. The van der Waals surface area contributed by atoms with Crippen LogP contribution in [-0.2, 0) is 0 Å². The molecule has 0 fully saturated rings. The van der Waals surface area contributed by atoms with Gasteiger partial charge < -0.3 is 9.51 Å². The Morgan fingerprint density at radius 3 is 2.80 bits per heavy atom. The number of imidazole rings is 1. The number of rotatable bonds is 2. The monoisotopic (exact) mass is 212 g/mol. The molecule has 1 N–H and O–H groups in total. The highest BCUT2D eigenvalue weighted by molar-refractivity contribution is 5.93. The highest BCUT2D eigenvalue weighted by atomic mass is 19.3. The van der Waals surface area contributed by atoms with E-state index in [1.54, 1.807) is 0 Å². The van der Waals surface area contributed by atoms with Gasteiger partial charge in [-0.15, -0.1) is 0 Å². The maximum absolute atomic E-state index is 12.3. The van der Waals surface area contributed by atoms with Crippen molar-refractivity contribution >= 4 is 11.5 Å². The lowest BCUT2D eigenvalue weighted by atomic mass is 10.2. The third-order valence-electron chi connectivity index (χ3n) is 2.01.